The van der Waals surface area contributed by atoms with Gasteiger partial charge >= 0.3 is 5.97 Å². The molecule has 1 aromatic heterocycles. The van der Waals surface area contributed by atoms with Gasteiger partial charge in [0.1, 0.15) is 5.75 Å². The van der Waals surface area contributed by atoms with E-state index in [-0.39, 0.29) is 0 Å². The van der Waals surface area contributed by atoms with Crippen molar-refractivity contribution in [2.75, 3.05) is 29.4 Å². The topological polar surface area (TPSA) is 65.9 Å². The van der Waals surface area contributed by atoms with Crippen LogP contribution in [0.5, 0.6) is 5.75 Å². The lowest BCUT2D eigenvalue weighted by atomic mass is 10.0. The average Bonchev–Trinajstić information content (AvgIpc) is 2.73. The van der Waals surface area contributed by atoms with Gasteiger partial charge in [-0.3, -0.25) is 4.98 Å². The van der Waals surface area contributed by atoms with Gasteiger partial charge in [-0.15, -0.1) is 0 Å². The van der Waals surface area contributed by atoms with Crippen LogP contribution in [0.25, 0.3) is 0 Å². The standard InChI is InChI=1S/C22H29N3O3/c1-3-5-19-16-24(17-10-12-23-13-11-17)14-15-25(19)18-6-8-20(9-7-18)28-21(4-2)22(26)27/h6-13,19,21H,3-5,14-16H2,1-2H3,(H,26,27). The summed E-state index contributed by atoms with van der Waals surface area (Å²) in [6.45, 7) is 6.91. The number of rotatable bonds is 8. The van der Waals surface area contributed by atoms with Crippen molar-refractivity contribution in [3.63, 3.8) is 0 Å². The van der Waals surface area contributed by atoms with Crippen molar-refractivity contribution in [2.24, 2.45) is 0 Å². The Morgan fingerprint density at radius 1 is 1.14 bits per heavy atom. The number of carbonyl (C=O) groups is 1. The van der Waals surface area contributed by atoms with Crippen LogP contribution in [0.2, 0.25) is 0 Å². The van der Waals surface area contributed by atoms with Crippen LogP contribution in [0.3, 0.4) is 0 Å². The van der Waals surface area contributed by atoms with E-state index < -0.39 is 12.1 Å². The summed E-state index contributed by atoms with van der Waals surface area (Å²) in [5.41, 5.74) is 2.38. The first-order chi connectivity index (χ1) is 13.6. The summed E-state index contributed by atoms with van der Waals surface area (Å²) in [4.78, 5) is 20.2. The lowest BCUT2D eigenvalue weighted by Crippen LogP contribution is -2.53. The number of ether oxygens (including phenoxy) is 1. The number of aromatic nitrogens is 1. The van der Waals surface area contributed by atoms with Crippen LogP contribution in [0.1, 0.15) is 33.1 Å². The first-order valence-electron chi connectivity index (χ1n) is 10.0. The normalized spacial score (nSPS) is 18.0. The van der Waals surface area contributed by atoms with Crippen LogP contribution < -0.4 is 14.5 Å². The highest BCUT2D eigenvalue weighted by atomic mass is 16.5. The smallest absolute Gasteiger partial charge is 0.344 e. The lowest BCUT2D eigenvalue weighted by molar-refractivity contribution is -0.145. The molecule has 6 heteroatoms. The number of carboxylic acids is 1. The number of pyridine rings is 1. The molecule has 1 aliphatic rings. The third kappa shape index (κ3) is 4.74. The third-order valence-electron chi connectivity index (χ3n) is 5.23. The van der Waals surface area contributed by atoms with Crippen molar-refractivity contribution in [3.8, 4) is 5.75 Å². The monoisotopic (exact) mass is 383 g/mol. The van der Waals surface area contributed by atoms with Crippen LogP contribution in [0.15, 0.2) is 48.8 Å². The molecule has 28 heavy (non-hydrogen) atoms. The van der Waals surface area contributed by atoms with Crippen molar-refractivity contribution in [3.05, 3.63) is 48.8 Å². The minimum absolute atomic E-state index is 0.432. The van der Waals surface area contributed by atoms with E-state index in [9.17, 15) is 4.79 Å². The quantitative estimate of drug-likeness (QED) is 0.748. The molecule has 1 N–H and O–H groups in total. The van der Waals surface area contributed by atoms with Gasteiger partial charge in [-0.1, -0.05) is 20.3 Å². The molecule has 0 saturated carbocycles. The highest BCUT2D eigenvalue weighted by Crippen LogP contribution is 2.28. The SMILES string of the molecule is CCCC1CN(c2ccncc2)CCN1c1ccc(OC(CC)C(=O)O)cc1. The minimum Gasteiger partial charge on any atom is -0.479 e. The molecule has 2 aromatic rings. The van der Waals surface area contributed by atoms with E-state index in [2.05, 4.69) is 33.8 Å². The molecular weight excluding hydrogens is 354 g/mol. The Morgan fingerprint density at radius 2 is 1.86 bits per heavy atom. The molecule has 1 fully saturated rings. The van der Waals surface area contributed by atoms with Gasteiger partial charge in [0.05, 0.1) is 0 Å². The minimum atomic E-state index is -0.929. The van der Waals surface area contributed by atoms with Gasteiger partial charge < -0.3 is 19.6 Å². The van der Waals surface area contributed by atoms with E-state index in [1.54, 1.807) is 0 Å². The van der Waals surface area contributed by atoms with Gasteiger partial charge in [-0.2, -0.15) is 0 Å². The predicted octanol–water partition coefficient (Wildman–Crippen LogP) is 3.82. The number of hydrogen-bond donors (Lipinski definition) is 1. The maximum atomic E-state index is 11.2. The Kier molecular flexibility index (Phi) is 6.74. The van der Waals surface area contributed by atoms with Gasteiger partial charge in [-0.25, -0.2) is 4.79 Å². The van der Waals surface area contributed by atoms with Gasteiger partial charge in [0.2, 0.25) is 0 Å². The predicted molar refractivity (Wildman–Crippen MR) is 111 cm³/mol. The van der Waals surface area contributed by atoms with Gasteiger partial charge in [0.25, 0.3) is 0 Å². The highest BCUT2D eigenvalue weighted by Gasteiger charge is 2.27. The van der Waals surface area contributed by atoms with Crippen LogP contribution in [-0.2, 0) is 4.79 Å². The molecule has 1 aromatic carbocycles. The summed E-state index contributed by atoms with van der Waals surface area (Å²) in [7, 11) is 0. The molecule has 1 aliphatic heterocycles. The van der Waals surface area contributed by atoms with E-state index in [4.69, 9.17) is 9.84 Å². The number of aliphatic carboxylic acids is 1. The van der Waals surface area contributed by atoms with Gasteiger partial charge in [0.15, 0.2) is 6.10 Å². The third-order valence-corrected chi connectivity index (χ3v) is 5.23. The zero-order valence-electron chi connectivity index (χ0n) is 16.6. The number of hydrogen-bond acceptors (Lipinski definition) is 5. The van der Waals surface area contributed by atoms with E-state index in [1.807, 2.05) is 43.6 Å². The first kappa shape index (κ1) is 20.0. The summed E-state index contributed by atoms with van der Waals surface area (Å²) in [5, 5.41) is 9.16. The number of nitrogens with zero attached hydrogens (tertiary/aromatic N) is 3. The first-order valence-corrected chi connectivity index (χ1v) is 10.0. The fourth-order valence-corrected chi connectivity index (χ4v) is 3.75. The average molecular weight is 383 g/mol. The Bertz CT molecular complexity index is 751. The molecule has 150 valence electrons. The molecule has 6 nitrogen and oxygen atoms in total. The number of benzene rings is 1. The zero-order chi connectivity index (χ0) is 19.9. The van der Waals surface area contributed by atoms with Crippen molar-refractivity contribution in [1.82, 2.24) is 4.98 Å². The van der Waals surface area contributed by atoms with Crippen LogP contribution in [-0.4, -0.2) is 47.8 Å². The van der Waals surface area contributed by atoms with Crippen molar-refractivity contribution in [1.29, 1.82) is 0 Å². The van der Waals surface area contributed by atoms with Crippen LogP contribution in [0, 0.1) is 0 Å². The molecule has 2 unspecified atom stereocenters. The van der Waals surface area contributed by atoms with E-state index in [0.717, 1.165) is 38.2 Å². The summed E-state index contributed by atoms with van der Waals surface area (Å²) in [6.07, 6.45) is 5.57. The van der Waals surface area contributed by atoms with E-state index in [0.29, 0.717) is 18.2 Å². The Hall–Kier alpha value is -2.76. The maximum Gasteiger partial charge on any atom is 0.344 e. The molecule has 1 saturated heterocycles. The Labute approximate surface area is 166 Å². The second kappa shape index (κ2) is 9.44. The molecule has 0 spiro atoms. The molecule has 3 rings (SSSR count). The Morgan fingerprint density at radius 3 is 2.46 bits per heavy atom. The maximum absolute atomic E-state index is 11.2. The molecule has 0 bridgehead atoms. The van der Waals surface area contributed by atoms with Crippen molar-refractivity contribution >= 4 is 17.3 Å². The molecule has 0 aliphatic carbocycles. The Balaban J connectivity index is 1.70. The van der Waals surface area contributed by atoms with Crippen LogP contribution >= 0.6 is 0 Å². The zero-order valence-corrected chi connectivity index (χ0v) is 16.6. The highest BCUT2D eigenvalue weighted by molar-refractivity contribution is 5.72. The molecular formula is C22H29N3O3. The van der Waals surface area contributed by atoms with Crippen molar-refractivity contribution in [2.45, 2.75) is 45.3 Å². The van der Waals surface area contributed by atoms with Gasteiger partial charge in [0, 0.05) is 49.4 Å². The van der Waals surface area contributed by atoms with E-state index >= 15 is 0 Å². The number of anilines is 2. The summed E-state index contributed by atoms with van der Waals surface area (Å²) in [6, 6.07) is 12.4. The summed E-state index contributed by atoms with van der Waals surface area (Å²) < 4.78 is 5.58. The molecule has 0 radical (unpaired) electrons. The van der Waals surface area contributed by atoms with Crippen molar-refractivity contribution < 1.29 is 14.6 Å². The second-order valence-electron chi connectivity index (χ2n) is 7.13. The van der Waals surface area contributed by atoms with E-state index in [1.165, 1.54) is 5.69 Å². The van der Waals surface area contributed by atoms with Gasteiger partial charge in [-0.05, 0) is 49.2 Å². The number of piperazine rings is 1. The second-order valence-corrected chi connectivity index (χ2v) is 7.13. The molecule has 2 atom stereocenters. The fourth-order valence-electron chi connectivity index (χ4n) is 3.75. The lowest BCUT2D eigenvalue weighted by Gasteiger charge is -2.44. The fraction of sp³-hybridized carbons (Fsp3) is 0.455. The van der Waals surface area contributed by atoms with Crippen LogP contribution in [0.4, 0.5) is 11.4 Å². The molecule has 2 heterocycles. The summed E-state index contributed by atoms with van der Waals surface area (Å²) in [5.74, 6) is -0.331. The summed E-state index contributed by atoms with van der Waals surface area (Å²) >= 11 is 0. The molecule has 0 amide bonds. The number of carboxylic acid groups (broad SMARTS) is 1. The largest absolute Gasteiger partial charge is 0.479 e.